The minimum Gasteiger partial charge on any atom is -0.394 e. The van der Waals surface area contributed by atoms with Gasteiger partial charge in [-0.15, -0.1) is 0 Å². The van der Waals surface area contributed by atoms with E-state index < -0.39 is 35.6 Å². The molecule has 3 heterocycles. The van der Waals surface area contributed by atoms with Crippen LogP contribution in [0, 0.1) is 11.8 Å². The fourth-order valence-corrected chi connectivity index (χ4v) is 7.45. The van der Waals surface area contributed by atoms with E-state index in [-0.39, 0.29) is 35.2 Å². The van der Waals surface area contributed by atoms with Crippen molar-refractivity contribution in [1.29, 1.82) is 0 Å². The summed E-state index contributed by atoms with van der Waals surface area (Å²) in [5.41, 5.74) is -0.454. The van der Waals surface area contributed by atoms with Crippen LogP contribution in [0.4, 0.5) is 5.69 Å². The van der Waals surface area contributed by atoms with Crippen LogP contribution in [-0.2, 0) is 19.1 Å². The first-order valence-corrected chi connectivity index (χ1v) is 13.2. The normalized spacial score (nSPS) is 35.8. The second kappa shape index (κ2) is 9.24. The molecule has 34 heavy (non-hydrogen) atoms. The predicted octanol–water partition coefficient (Wildman–Crippen LogP) is 2.20. The molecule has 2 bridgehead atoms. The van der Waals surface area contributed by atoms with Crippen LogP contribution in [0.15, 0.2) is 30.3 Å². The molecular weight excluding hydrogens is 502 g/mol. The molecule has 3 unspecified atom stereocenters. The summed E-state index contributed by atoms with van der Waals surface area (Å²) >= 11 is 3.67. The first-order valence-electron chi connectivity index (χ1n) is 12.3. The van der Waals surface area contributed by atoms with Crippen molar-refractivity contribution in [3.05, 3.63) is 30.3 Å². The van der Waals surface area contributed by atoms with Gasteiger partial charge in [-0.3, -0.25) is 14.4 Å². The molecule has 1 aliphatic carbocycles. The van der Waals surface area contributed by atoms with Gasteiger partial charge in [0, 0.05) is 16.6 Å². The Bertz CT molecular complexity index is 955. The number of benzene rings is 1. The third-order valence-corrected chi connectivity index (χ3v) is 8.85. The molecule has 8 nitrogen and oxygen atoms in total. The maximum Gasteiger partial charge on any atom is 0.246 e. The van der Waals surface area contributed by atoms with Gasteiger partial charge in [0.25, 0.3) is 0 Å². The lowest BCUT2D eigenvalue weighted by Crippen LogP contribution is -2.59. The number of alkyl halides is 1. The highest BCUT2D eigenvalue weighted by atomic mass is 79.9. The quantitative estimate of drug-likeness (QED) is 0.486. The summed E-state index contributed by atoms with van der Waals surface area (Å²) in [5.74, 6) is -2.32. The standard InChI is InChI=1S/C25H32BrN3O5/c1-14(13-30)29-21(23(32)28-16-10-6-3-7-11-16)25-12-17(26)20(34-25)18(19(25)24(29)33)22(31)27-15-8-4-2-5-9-15/h2,4-5,8-9,14,16-21,30H,3,6-7,10-13H2,1H3,(H,27,31)(H,28,32)/t14-,17?,18+,19+,20+,21?,25?/m1/s1. The number of anilines is 1. The van der Waals surface area contributed by atoms with Crippen molar-refractivity contribution < 1.29 is 24.2 Å². The highest BCUT2D eigenvalue weighted by Gasteiger charge is 2.76. The predicted molar refractivity (Wildman–Crippen MR) is 129 cm³/mol. The molecule has 1 aromatic rings. The third kappa shape index (κ3) is 3.76. The summed E-state index contributed by atoms with van der Waals surface area (Å²) in [5, 5.41) is 16.0. The fraction of sp³-hybridized carbons (Fsp3) is 0.640. The molecule has 3 saturated heterocycles. The Kier molecular flexibility index (Phi) is 6.46. The Balaban J connectivity index is 1.47. The molecule has 184 valence electrons. The lowest BCUT2D eigenvalue weighted by atomic mass is 9.70. The zero-order chi connectivity index (χ0) is 24.0. The van der Waals surface area contributed by atoms with E-state index in [1.165, 1.54) is 11.3 Å². The molecule has 7 atom stereocenters. The number of aliphatic hydroxyl groups excluding tert-OH is 1. The first kappa shape index (κ1) is 23.8. The van der Waals surface area contributed by atoms with Crippen molar-refractivity contribution in [1.82, 2.24) is 10.2 Å². The van der Waals surface area contributed by atoms with Crippen molar-refractivity contribution in [2.24, 2.45) is 11.8 Å². The fourth-order valence-electron chi connectivity index (χ4n) is 6.50. The number of halogens is 1. The van der Waals surface area contributed by atoms with E-state index >= 15 is 0 Å². The van der Waals surface area contributed by atoms with Gasteiger partial charge in [-0.2, -0.15) is 0 Å². The maximum atomic E-state index is 13.8. The Morgan fingerprint density at radius 3 is 2.59 bits per heavy atom. The molecule has 3 aliphatic heterocycles. The highest BCUT2D eigenvalue weighted by molar-refractivity contribution is 9.09. The second-order valence-corrected chi connectivity index (χ2v) is 11.3. The van der Waals surface area contributed by atoms with E-state index in [0.29, 0.717) is 12.1 Å². The van der Waals surface area contributed by atoms with Gasteiger partial charge < -0.3 is 25.4 Å². The van der Waals surface area contributed by atoms with Gasteiger partial charge in [-0.25, -0.2) is 0 Å². The lowest BCUT2D eigenvalue weighted by Gasteiger charge is -2.37. The number of nitrogens with one attached hydrogen (secondary N) is 2. The van der Waals surface area contributed by atoms with Crippen molar-refractivity contribution in [2.45, 2.75) is 80.1 Å². The van der Waals surface area contributed by atoms with Gasteiger partial charge in [-0.1, -0.05) is 53.4 Å². The van der Waals surface area contributed by atoms with Crippen molar-refractivity contribution >= 4 is 39.3 Å². The van der Waals surface area contributed by atoms with Crippen LogP contribution < -0.4 is 10.6 Å². The number of hydrogen-bond donors (Lipinski definition) is 3. The Morgan fingerprint density at radius 1 is 1.21 bits per heavy atom. The molecule has 0 aromatic heterocycles. The van der Waals surface area contributed by atoms with Gasteiger partial charge in [0.1, 0.15) is 11.6 Å². The highest BCUT2D eigenvalue weighted by Crippen LogP contribution is 2.60. The zero-order valence-corrected chi connectivity index (χ0v) is 20.9. The van der Waals surface area contributed by atoms with Crippen molar-refractivity contribution in [2.75, 3.05) is 11.9 Å². The molecule has 5 rings (SSSR count). The van der Waals surface area contributed by atoms with E-state index in [1.54, 1.807) is 19.1 Å². The number of rotatable bonds is 6. The van der Waals surface area contributed by atoms with Gasteiger partial charge >= 0.3 is 0 Å². The topological polar surface area (TPSA) is 108 Å². The van der Waals surface area contributed by atoms with Gasteiger partial charge in [0.15, 0.2) is 0 Å². The van der Waals surface area contributed by atoms with Crippen LogP contribution in [-0.4, -0.2) is 69.0 Å². The molecular formula is C25H32BrN3O5. The Morgan fingerprint density at radius 2 is 1.91 bits per heavy atom. The second-order valence-electron chi connectivity index (χ2n) is 10.1. The largest absolute Gasteiger partial charge is 0.394 e. The number of nitrogens with zero attached hydrogens (tertiary/aromatic N) is 1. The number of fused-ring (bicyclic) bond motifs is 1. The number of amides is 3. The third-order valence-electron chi connectivity index (χ3n) is 8.01. The van der Waals surface area contributed by atoms with E-state index in [9.17, 15) is 19.5 Å². The summed E-state index contributed by atoms with van der Waals surface area (Å²) in [6, 6.07) is 7.75. The zero-order valence-electron chi connectivity index (χ0n) is 19.3. The van der Waals surface area contributed by atoms with Crippen molar-refractivity contribution in [3.8, 4) is 0 Å². The molecule has 4 aliphatic rings. The number of likely N-dealkylation sites (tertiary alicyclic amines) is 1. The maximum absolute atomic E-state index is 13.8. The number of aliphatic hydroxyl groups is 1. The molecule has 0 radical (unpaired) electrons. The minimum atomic E-state index is -1.10. The number of hydrogen-bond acceptors (Lipinski definition) is 5. The van der Waals surface area contributed by atoms with E-state index in [2.05, 4.69) is 26.6 Å². The first-order chi connectivity index (χ1) is 16.4. The molecule has 1 spiro atoms. The summed E-state index contributed by atoms with van der Waals surface area (Å²) < 4.78 is 6.47. The van der Waals surface area contributed by atoms with Crippen LogP contribution in [0.2, 0.25) is 0 Å². The van der Waals surface area contributed by atoms with Crippen LogP contribution in [0.3, 0.4) is 0 Å². The summed E-state index contributed by atoms with van der Waals surface area (Å²) in [7, 11) is 0. The summed E-state index contributed by atoms with van der Waals surface area (Å²) in [6.07, 6.45) is 5.11. The Labute approximate surface area is 207 Å². The van der Waals surface area contributed by atoms with E-state index in [1.807, 2.05) is 18.2 Å². The van der Waals surface area contributed by atoms with Gasteiger partial charge in [0.2, 0.25) is 17.7 Å². The average molecular weight is 534 g/mol. The molecule has 3 amide bonds. The van der Waals surface area contributed by atoms with Crippen LogP contribution in [0.25, 0.3) is 0 Å². The smallest absolute Gasteiger partial charge is 0.246 e. The number of carbonyl (C=O) groups is 3. The van der Waals surface area contributed by atoms with Crippen LogP contribution in [0.1, 0.15) is 45.4 Å². The van der Waals surface area contributed by atoms with Gasteiger partial charge in [-0.05, 0) is 38.3 Å². The van der Waals surface area contributed by atoms with Crippen LogP contribution in [0.5, 0.6) is 0 Å². The Hall–Kier alpha value is -1.97. The molecule has 1 saturated carbocycles. The molecule has 1 aromatic carbocycles. The lowest BCUT2D eigenvalue weighted by molar-refractivity contribution is -0.145. The van der Waals surface area contributed by atoms with Crippen molar-refractivity contribution in [3.63, 3.8) is 0 Å². The average Bonchev–Trinajstić information content (AvgIpc) is 3.43. The van der Waals surface area contributed by atoms with E-state index in [0.717, 1.165) is 25.7 Å². The van der Waals surface area contributed by atoms with Gasteiger partial charge in [0.05, 0.1) is 30.6 Å². The summed E-state index contributed by atoms with van der Waals surface area (Å²) in [6.45, 7) is 1.46. The monoisotopic (exact) mass is 533 g/mol. The molecule has 9 heteroatoms. The minimum absolute atomic E-state index is 0.0774. The summed E-state index contributed by atoms with van der Waals surface area (Å²) in [4.78, 5) is 42.3. The molecule has 4 fully saturated rings. The SMILES string of the molecule is C[C@H](CO)N1C(=O)[C@@H]2[C@H](C(=O)Nc3ccccc3)[C@H]3OC2(CC3Br)C1C(=O)NC1CCCCC1. The molecule has 3 N–H and O–H groups in total. The van der Waals surface area contributed by atoms with Crippen LogP contribution >= 0.6 is 15.9 Å². The van der Waals surface area contributed by atoms with E-state index in [4.69, 9.17) is 4.74 Å². The number of ether oxygens (including phenoxy) is 1. The number of carbonyl (C=O) groups excluding carboxylic acids is 3. The number of para-hydroxylation sites is 1.